The molecule has 86 valence electrons. The molecule has 0 saturated heterocycles. The lowest BCUT2D eigenvalue weighted by Crippen LogP contribution is -2.28. The first kappa shape index (κ1) is 14.2. The smallest absolute Gasteiger partial charge is 0.321 e. The quantitative estimate of drug-likeness (QED) is 0.380. The van der Waals surface area contributed by atoms with E-state index < -0.39 is 5.60 Å². The van der Waals surface area contributed by atoms with Crippen LogP contribution in [0.4, 0.5) is 0 Å². The zero-order valence-corrected chi connectivity index (χ0v) is 10.3. The number of hydrogen-bond acceptors (Lipinski definition) is 2. The Bertz CT molecular complexity index is 244. The number of rotatable bonds is 7. The summed E-state index contributed by atoms with van der Waals surface area (Å²) in [6.07, 6.45) is 4.35. The Morgan fingerprint density at radius 2 is 2.13 bits per heavy atom. The number of allylic oxidation sites excluding steroid dienone is 2. The van der Waals surface area contributed by atoms with E-state index in [1.807, 2.05) is 13.8 Å². The van der Waals surface area contributed by atoms with E-state index in [0.717, 1.165) is 24.8 Å². The molecule has 0 radical (unpaired) electrons. The highest BCUT2D eigenvalue weighted by Gasteiger charge is 2.21. The van der Waals surface area contributed by atoms with Gasteiger partial charge in [-0.25, -0.2) is 0 Å². The minimum Gasteiger partial charge on any atom is -0.459 e. The van der Waals surface area contributed by atoms with E-state index in [1.165, 1.54) is 0 Å². The van der Waals surface area contributed by atoms with Crippen LogP contribution >= 0.6 is 11.6 Å². The van der Waals surface area contributed by atoms with Crippen LogP contribution in [0.25, 0.3) is 0 Å². The van der Waals surface area contributed by atoms with E-state index >= 15 is 0 Å². The normalized spacial score (nSPS) is 10.9. The standard InChI is InChI=1S/C12H19ClO2/c1-5-10(2)7-6-8-12(3,4)15-11(14)9-13/h5H,1-2,6-9H2,3-4H3. The molecule has 15 heavy (non-hydrogen) atoms. The van der Waals surface area contributed by atoms with Gasteiger partial charge in [-0.2, -0.15) is 0 Å². The molecule has 0 fully saturated rings. The minimum atomic E-state index is -0.451. The van der Waals surface area contributed by atoms with Crippen molar-refractivity contribution in [3.63, 3.8) is 0 Å². The van der Waals surface area contributed by atoms with Crippen LogP contribution in [-0.4, -0.2) is 17.5 Å². The van der Waals surface area contributed by atoms with Gasteiger partial charge in [-0.1, -0.05) is 24.8 Å². The fraction of sp³-hybridized carbons (Fsp3) is 0.583. The number of carbonyl (C=O) groups is 1. The third kappa shape index (κ3) is 7.20. The highest BCUT2D eigenvalue weighted by molar-refractivity contribution is 6.26. The van der Waals surface area contributed by atoms with Crippen LogP contribution in [0.15, 0.2) is 24.8 Å². The van der Waals surface area contributed by atoms with Crippen molar-refractivity contribution in [2.45, 2.75) is 38.7 Å². The molecule has 0 rings (SSSR count). The predicted octanol–water partition coefficient (Wildman–Crippen LogP) is 3.46. The predicted molar refractivity (Wildman–Crippen MR) is 64.1 cm³/mol. The fourth-order valence-corrected chi connectivity index (χ4v) is 1.28. The number of ether oxygens (including phenoxy) is 1. The molecule has 0 spiro atoms. The third-order valence-electron chi connectivity index (χ3n) is 2.06. The number of esters is 1. The average Bonchev–Trinajstić information content (AvgIpc) is 2.16. The first-order valence-electron chi connectivity index (χ1n) is 4.99. The van der Waals surface area contributed by atoms with Crippen LogP contribution < -0.4 is 0 Å². The summed E-state index contributed by atoms with van der Waals surface area (Å²) in [5, 5.41) is 0. The lowest BCUT2D eigenvalue weighted by atomic mass is 9.99. The van der Waals surface area contributed by atoms with E-state index in [4.69, 9.17) is 16.3 Å². The Kier molecular flexibility index (Phi) is 6.34. The molecule has 0 N–H and O–H groups in total. The lowest BCUT2D eigenvalue weighted by Gasteiger charge is -2.24. The highest BCUT2D eigenvalue weighted by Crippen LogP contribution is 2.20. The topological polar surface area (TPSA) is 26.3 Å². The second-order valence-electron chi connectivity index (χ2n) is 4.08. The van der Waals surface area contributed by atoms with Crippen molar-refractivity contribution >= 4 is 17.6 Å². The molecule has 0 amide bonds. The molecule has 3 heteroatoms. The first-order chi connectivity index (χ1) is 6.91. The Morgan fingerprint density at radius 3 is 2.60 bits per heavy atom. The second kappa shape index (κ2) is 6.67. The van der Waals surface area contributed by atoms with Gasteiger partial charge in [-0.15, -0.1) is 11.6 Å². The number of halogens is 1. The van der Waals surface area contributed by atoms with Gasteiger partial charge >= 0.3 is 5.97 Å². The first-order valence-corrected chi connectivity index (χ1v) is 5.53. The third-order valence-corrected chi connectivity index (χ3v) is 2.28. The van der Waals surface area contributed by atoms with E-state index in [0.29, 0.717) is 0 Å². The van der Waals surface area contributed by atoms with Crippen molar-refractivity contribution in [2.75, 3.05) is 5.88 Å². The summed E-state index contributed by atoms with van der Waals surface area (Å²) in [6.45, 7) is 11.2. The molecule has 0 aliphatic carbocycles. The maximum Gasteiger partial charge on any atom is 0.321 e. The van der Waals surface area contributed by atoms with Gasteiger partial charge in [0.1, 0.15) is 11.5 Å². The average molecular weight is 231 g/mol. The summed E-state index contributed by atoms with van der Waals surface area (Å²) >= 11 is 5.36. The fourth-order valence-electron chi connectivity index (χ4n) is 1.23. The Hall–Kier alpha value is -0.760. The van der Waals surface area contributed by atoms with Crippen molar-refractivity contribution in [1.82, 2.24) is 0 Å². The van der Waals surface area contributed by atoms with Gasteiger partial charge in [0.2, 0.25) is 0 Å². The number of carbonyl (C=O) groups excluding carboxylic acids is 1. The molecule has 0 bridgehead atoms. The van der Waals surface area contributed by atoms with Crippen LogP contribution in [0.3, 0.4) is 0 Å². The molecule has 0 atom stereocenters. The van der Waals surface area contributed by atoms with Crippen molar-refractivity contribution < 1.29 is 9.53 Å². The van der Waals surface area contributed by atoms with Crippen LogP contribution in [0.5, 0.6) is 0 Å². The van der Waals surface area contributed by atoms with Gasteiger partial charge in [0, 0.05) is 0 Å². The molecule has 0 aliphatic rings. The largest absolute Gasteiger partial charge is 0.459 e. The Labute approximate surface area is 97.0 Å². The highest BCUT2D eigenvalue weighted by atomic mass is 35.5. The molecule has 0 saturated carbocycles. The monoisotopic (exact) mass is 230 g/mol. The van der Waals surface area contributed by atoms with Gasteiger partial charge in [-0.05, 0) is 33.1 Å². The van der Waals surface area contributed by atoms with Crippen LogP contribution in [0, 0.1) is 0 Å². The molecule has 0 unspecified atom stereocenters. The van der Waals surface area contributed by atoms with Gasteiger partial charge in [-0.3, -0.25) is 4.79 Å². The van der Waals surface area contributed by atoms with E-state index in [-0.39, 0.29) is 11.8 Å². The molecule has 0 aromatic rings. The molecule has 0 heterocycles. The van der Waals surface area contributed by atoms with E-state index in [1.54, 1.807) is 6.08 Å². The van der Waals surface area contributed by atoms with Gasteiger partial charge in [0.15, 0.2) is 0 Å². The van der Waals surface area contributed by atoms with Gasteiger partial charge < -0.3 is 4.74 Å². The van der Waals surface area contributed by atoms with E-state index in [9.17, 15) is 4.79 Å². The summed E-state index contributed by atoms with van der Waals surface area (Å²) in [5.74, 6) is -0.466. The molecule has 0 aliphatic heterocycles. The minimum absolute atomic E-state index is 0.0944. The van der Waals surface area contributed by atoms with Gasteiger partial charge in [0.25, 0.3) is 0 Å². The number of alkyl halides is 1. The molecule has 0 aromatic heterocycles. The zero-order valence-electron chi connectivity index (χ0n) is 9.51. The Morgan fingerprint density at radius 1 is 1.53 bits per heavy atom. The Balaban J connectivity index is 3.88. The van der Waals surface area contributed by atoms with E-state index in [2.05, 4.69) is 13.2 Å². The van der Waals surface area contributed by atoms with Crippen LogP contribution in [0.1, 0.15) is 33.1 Å². The van der Waals surface area contributed by atoms with Crippen LogP contribution in [0.2, 0.25) is 0 Å². The molecular weight excluding hydrogens is 212 g/mol. The summed E-state index contributed by atoms with van der Waals surface area (Å²) < 4.78 is 5.18. The van der Waals surface area contributed by atoms with Crippen molar-refractivity contribution in [3.05, 3.63) is 24.8 Å². The molecule has 2 nitrogen and oxygen atoms in total. The summed E-state index contributed by atoms with van der Waals surface area (Å²) in [6, 6.07) is 0. The van der Waals surface area contributed by atoms with Crippen molar-refractivity contribution in [3.8, 4) is 0 Å². The van der Waals surface area contributed by atoms with Crippen molar-refractivity contribution in [1.29, 1.82) is 0 Å². The molecular formula is C12H19ClO2. The maximum atomic E-state index is 11.0. The molecule has 0 aromatic carbocycles. The summed E-state index contributed by atoms with van der Waals surface area (Å²) in [7, 11) is 0. The van der Waals surface area contributed by atoms with Crippen LogP contribution in [-0.2, 0) is 9.53 Å². The SMILES string of the molecule is C=CC(=C)CCCC(C)(C)OC(=O)CCl. The number of hydrogen-bond donors (Lipinski definition) is 0. The van der Waals surface area contributed by atoms with Gasteiger partial charge in [0.05, 0.1) is 0 Å². The zero-order chi connectivity index (χ0) is 11.9. The van der Waals surface area contributed by atoms with Crippen molar-refractivity contribution in [2.24, 2.45) is 0 Å². The summed E-state index contributed by atoms with van der Waals surface area (Å²) in [4.78, 5) is 11.0. The lowest BCUT2D eigenvalue weighted by molar-refractivity contribution is -0.153. The maximum absolute atomic E-state index is 11.0. The second-order valence-corrected chi connectivity index (χ2v) is 4.35. The summed E-state index contributed by atoms with van der Waals surface area (Å²) in [5.41, 5.74) is 0.558.